The zero-order valence-electron chi connectivity index (χ0n) is 44.7. The Labute approximate surface area is 475 Å². The van der Waals surface area contributed by atoms with Crippen molar-refractivity contribution in [1.29, 1.82) is 0 Å². The molecule has 0 saturated heterocycles. The highest BCUT2D eigenvalue weighted by atomic mass is 32.2. The summed E-state index contributed by atoms with van der Waals surface area (Å²) in [5.41, 5.74) is 1.07. The van der Waals surface area contributed by atoms with Gasteiger partial charge < -0.3 is 9.80 Å². The van der Waals surface area contributed by atoms with Gasteiger partial charge in [0.1, 0.15) is 11.4 Å². The molecule has 0 bridgehead atoms. The molecular formula is C53H60N3O20S6+. The van der Waals surface area contributed by atoms with Gasteiger partial charge in [-0.1, -0.05) is 18.2 Å². The minimum atomic E-state index is -5.11. The summed E-state index contributed by atoms with van der Waals surface area (Å²) in [6.45, 7) is 6.78. The summed E-state index contributed by atoms with van der Waals surface area (Å²) in [7, 11) is -28.7. The first kappa shape index (κ1) is 62.2. The number of carbonyl (C=O) groups is 2. The third kappa shape index (κ3) is 12.9. The maximum absolute atomic E-state index is 13.7. The van der Waals surface area contributed by atoms with Gasteiger partial charge in [-0.2, -0.15) is 55.1 Å². The Hall–Kier alpha value is -5.83. The number of fused-ring (bicyclic) bond motifs is 7. The van der Waals surface area contributed by atoms with Crippen LogP contribution in [-0.2, 0) is 89.3 Å². The highest BCUT2D eigenvalue weighted by Gasteiger charge is 2.47. The van der Waals surface area contributed by atoms with Crippen LogP contribution in [0.25, 0.3) is 21.5 Å². The van der Waals surface area contributed by atoms with E-state index in [1.54, 1.807) is 68.2 Å². The van der Waals surface area contributed by atoms with E-state index < -0.39 is 108 Å². The van der Waals surface area contributed by atoms with Crippen molar-refractivity contribution in [2.24, 2.45) is 0 Å². The predicted molar refractivity (Wildman–Crippen MR) is 303 cm³/mol. The summed E-state index contributed by atoms with van der Waals surface area (Å²) in [6, 6.07) is 14.6. The van der Waals surface area contributed by atoms with Crippen molar-refractivity contribution in [1.82, 2.24) is 4.90 Å². The van der Waals surface area contributed by atoms with Crippen molar-refractivity contribution in [2.45, 2.75) is 116 Å². The average molecular weight is 1250 g/mol. The number of carbonyl (C=O) groups excluding carboxylic acids is 2. The Morgan fingerprint density at radius 3 is 1.90 bits per heavy atom. The first-order valence-electron chi connectivity index (χ1n) is 25.6. The number of allylic oxidation sites excluding steroid dienone is 4. The zero-order valence-corrected chi connectivity index (χ0v) is 49.6. The molecule has 0 spiro atoms. The number of unbranched alkanes of at least 4 members (excludes halogenated alkanes) is 2. The van der Waals surface area contributed by atoms with E-state index in [0.717, 1.165) is 12.1 Å². The van der Waals surface area contributed by atoms with Gasteiger partial charge in [0.15, 0.2) is 11.5 Å². The molecule has 6 N–H and O–H groups in total. The molecule has 8 rings (SSSR count). The van der Waals surface area contributed by atoms with Crippen molar-refractivity contribution < 1.29 is 92.0 Å². The molecule has 442 valence electrons. The lowest BCUT2D eigenvalue weighted by molar-refractivity contribution is -0.438. The first-order chi connectivity index (χ1) is 37.8. The van der Waals surface area contributed by atoms with Crippen molar-refractivity contribution in [3.63, 3.8) is 0 Å². The fraction of sp³-hybridized carbons (Fsp3) is 0.377. The van der Waals surface area contributed by atoms with Crippen LogP contribution in [0, 0.1) is 0 Å². The van der Waals surface area contributed by atoms with Crippen molar-refractivity contribution in [3.8, 4) is 0 Å². The molecule has 82 heavy (non-hydrogen) atoms. The van der Waals surface area contributed by atoms with E-state index in [-0.39, 0.29) is 86.1 Å². The number of amides is 1. The maximum atomic E-state index is 13.7. The summed E-state index contributed by atoms with van der Waals surface area (Å²) >= 11 is 0. The molecule has 0 aromatic heterocycles. The topological polar surface area (TPSA) is 370 Å². The highest BCUT2D eigenvalue weighted by Crippen LogP contribution is 2.54. The van der Waals surface area contributed by atoms with Gasteiger partial charge in [0.05, 0.1) is 31.6 Å². The zero-order chi connectivity index (χ0) is 60.5. The number of ketones is 1. The Kier molecular flexibility index (Phi) is 16.9. The van der Waals surface area contributed by atoms with E-state index in [1.807, 2.05) is 4.58 Å². The molecule has 5 aromatic rings. The number of anilines is 1. The van der Waals surface area contributed by atoms with Gasteiger partial charge in [0, 0.05) is 77.9 Å². The largest absolute Gasteiger partial charge is 0.344 e. The number of hydrogen-bond acceptors (Lipinski definition) is 15. The number of nitrogens with zero attached hydrogens (tertiary/aromatic N) is 3. The van der Waals surface area contributed by atoms with E-state index in [1.165, 1.54) is 36.1 Å². The van der Waals surface area contributed by atoms with Crippen LogP contribution in [-0.4, -0.2) is 136 Å². The first-order valence-corrected chi connectivity index (χ1v) is 34.5. The minimum Gasteiger partial charge on any atom is -0.344 e. The second-order valence-electron chi connectivity index (χ2n) is 21.3. The summed E-state index contributed by atoms with van der Waals surface area (Å²) in [4.78, 5) is 26.5. The Morgan fingerprint density at radius 1 is 0.646 bits per heavy atom. The summed E-state index contributed by atoms with van der Waals surface area (Å²) in [5, 5.41) is 0.811. The normalized spacial score (nSPS) is 18.2. The number of rotatable bonds is 21. The van der Waals surface area contributed by atoms with Crippen LogP contribution in [0.15, 0.2) is 110 Å². The van der Waals surface area contributed by atoms with Crippen LogP contribution < -0.4 is 4.90 Å². The Bertz CT molecular complexity index is 4350. The molecule has 0 radical (unpaired) electrons. The lowest BCUT2D eigenvalue weighted by Crippen LogP contribution is -2.36. The standard InChI is InChI=1S/C53H59N3O20S6/c1-33(57)36-27-35-20-24-54(32-42(35)45(28-36)81(71,72)73)49(58)13-6-5-7-22-55-43-19-17-39-41(30-38(80(68,69)70)31-46(39)82(74,75)76)50(43)52(2,3)47(55)11-8-12-48-53(4,21-9-25-77(59,60)61)51-40-29-37(79(65,66)67)16-14-34(40)15-18-44(51)56(48)23-10-26-78(62,63)64/h8,11-12,14-19,27-31H,5-7,9-10,13,20-26,32H2,1-4H3,(H5-,59,60,61,62,63,64,65,66,67,68,69,70,71,72,73,74,75,76)/p+1. The van der Waals surface area contributed by atoms with E-state index in [2.05, 4.69) is 0 Å². The molecule has 1 amide bonds. The van der Waals surface area contributed by atoms with Crippen LogP contribution >= 0.6 is 0 Å². The lowest BCUT2D eigenvalue weighted by Gasteiger charge is -2.31. The second-order valence-corrected chi connectivity index (χ2v) is 30.1. The number of hydrogen-bond donors (Lipinski definition) is 6. The third-order valence-corrected chi connectivity index (χ3v) is 20.5. The van der Waals surface area contributed by atoms with Crippen LogP contribution in [0.3, 0.4) is 0 Å². The number of Topliss-reactive ketones (excluding diaryl/α,β-unsaturated/α-hetero) is 1. The Balaban J connectivity index is 1.21. The van der Waals surface area contributed by atoms with Crippen molar-refractivity contribution in [2.75, 3.05) is 36.0 Å². The van der Waals surface area contributed by atoms with Crippen LogP contribution in [0.4, 0.5) is 11.4 Å². The fourth-order valence-corrected chi connectivity index (χ4v) is 15.4. The molecule has 5 aromatic carbocycles. The molecule has 1 unspecified atom stereocenters. The van der Waals surface area contributed by atoms with Crippen molar-refractivity contribution in [3.05, 3.63) is 118 Å². The quantitative estimate of drug-likeness (QED) is 0.0189. The molecule has 29 heteroatoms. The predicted octanol–water partition coefficient (Wildman–Crippen LogP) is 6.87. The SMILES string of the molecule is CC(=O)c1cc2c(c(S(=O)(=O)O)c1)CN(C(=O)CCCCC[N+]1=C(C=CC=C3N(CCCS(=O)(=O)O)c4ccc5ccc(S(=O)(=O)O)cc5c4C3(C)CCCS(=O)(=O)O)C(C)(C)c3c1ccc1c(S(=O)(=O)O)cc(S(=O)(=O)O)cc31)CC2. The van der Waals surface area contributed by atoms with Crippen LogP contribution in [0.2, 0.25) is 0 Å². The third-order valence-electron chi connectivity index (χ3n) is 15.4. The fourth-order valence-electron chi connectivity index (χ4n) is 11.7. The van der Waals surface area contributed by atoms with Crippen molar-refractivity contribution >= 4 is 111 Å². The van der Waals surface area contributed by atoms with E-state index in [4.69, 9.17) is 0 Å². The van der Waals surface area contributed by atoms with E-state index >= 15 is 0 Å². The molecule has 3 aliphatic rings. The Morgan fingerprint density at radius 2 is 1.28 bits per heavy atom. The smallest absolute Gasteiger partial charge is 0.295 e. The molecular weight excluding hydrogens is 1190 g/mol. The molecule has 3 aliphatic heterocycles. The van der Waals surface area contributed by atoms with Crippen LogP contribution in [0.5, 0.6) is 0 Å². The highest BCUT2D eigenvalue weighted by molar-refractivity contribution is 7.87. The maximum Gasteiger partial charge on any atom is 0.295 e. The number of benzene rings is 5. The molecule has 0 aliphatic carbocycles. The van der Waals surface area contributed by atoms with Gasteiger partial charge in [-0.25, -0.2) is 0 Å². The van der Waals surface area contributed by atoms with Gasteiger partial charge in [0.2, 0.25) is 11.6 Å². The van der Waals surface area contributed by atoms with Crippen LogP contribution in [0.1, 0.15) is 105 Å². The monoisotopic (exact) mass is 1250 g/mol. The summed E-state index contributed by atoms with van der Waals surface area (Å²) in [5.74, 6) is -2.05. The minimum absolute atomic E-state index is 0.0115. The van der Waals surface area contributed by atoms with E-state index in [0.29, 0.717) is 75.6 Å². The molecule has 23 nitrogen and oxygen atoms in total. The van der Waals surface area contributed by atoms with Gasteiger partial charge in [0.25, 0.3) is 60.7 Å². The molecule has 1 atom stereocenters. The molecule has 0 fully saturated rings. The average Bonchev–Trinajstić information content (AvgIpc) is 1.91. The van der Waals surface area contributed by atoms with Gasteiger partial charge in [-0.05, 0) is 154 Å². The molecule has 0 saturated carbocycles. The second kappa shape index (κ2) is 22.3. The summed E-state index contributed by atoms with van der Waals surface area (Å²) < 4.78 is 211. The molecule has 3 heterocycles. The summed E-state index contributed by atoms with van der Waals surface area (Å²) in [6.07, 6.45) is 6.15. The van der Waals surface area contributed by atoms with Gasteiger partial charge >= 0.3 is 0 Å². The van der Waals surface area contributed by atoms with E-state index in [9.17, 15) is 87.4 Å². The van der Waals surface area contributed by atoms with Gasteiger partial charge in [-0.15, -0.1) is 0 Å². The lowest BCUT2D eigenvalue weighted by atomic mass is 9.75. The van der Waals surface area contributed by atoms with Gasteiger partial charge in [-0.3, -0.25) is 36.9 Å².